The third-order valence-electron chi connectivity index (χ3n) is 4.02. The van der Waals surface area contributed by atoms with E-state index in [1.165, 1.54) is 11.3 Å². The molecule has 0 spiro atoms. The third kappa shape index (κ3) is 3.43. The molecule has 2 aromatic carbocycles. The van der Waals surface area contributed by atoms with Crippen molar-refractivity contribution in [1.82, 2.24) is 4.57 Å². The quantitative estimate of drug-likeness (QED) is 0.691. The van der Waals surface area contributed by atoms with E-state index in [-0.39, 0.29) is 12.3 Å². The SMILES string of the molecule is COc1cccc(CC(=O)N=c2sc3c(OC)ccc(OC)c3n2C)c1. The van der Waals surface area contributed by atoms with Gasteiger partial charge in [0.2, 0.25) is 0 Å². The smallest absolute Gasteiger partial charge is 0.252 e. The van der Waals surface area contributed by atoms with Gasteiger partial charge in [-0.15, -0.1) is 0 Å². The highest BCUT2D eigenvalue weighted by molar-refractivity contribution is 7.16. The molecule has 0 N–H and O–H groups in total. The van der Waals surface area contributed by atoms with Crippen LogP contribution in [0.4, 0.5) is 0 Å². The van der Waals surface area contributed by atoms with Crippen LogP contribution in [0.2, 0.25) is 0 Å². The Bertz CT molecular complexity index is 1020. The Morgan fingerprint density at radius 2 is 1.81 bits per heavy atom. The summed E-state index contributed by atoms with van der Waals surface area (Å²) in [7, 11) is 6.69. The number of rotatable bonds is 5. The first-order chi connectivity index (χ1) is 12.6. The Morgan fingerprint density at radius 1 is 1.08 bits per heavy atom. The number of aryl methyl sites for hydroxylation is 1. The molecule has 0 saturated heterocycles. The number of hydrogen-bond donors (Lipinski definition) is 0. The molecule has 0 saturated carbocycles. The van der Waals surface area contributed by atoms with E-state index >= 15 is 0 Å². The number of amides is 1. The van der Waals surface area contributed by atoms with Crippen LogP contribution in [0.5, 0.6) is 17.2 Å². The number of hydrogen-bond acceptors (Lipinski definition) is 5. The van der Waals surface area contributed by atoms with Crippen molar-refractivity contribution in [1.29, 1.82) is 0 Å². The molecule has 0 fully saturated rings. The Morgan fingerprint density at radius 3 is 2.50 bits per heavy atom. The van der Waals surface area contributed by atoms with E-state index in [0.717, 1.165) is 27.3 Å². The molecule has 0 radical (unpaired) electrons. The van der Waals surface area contributed by atoms with Crippen LogP contribution in [0.1, 0.15) is 5.56 Å². The molecule has 3 aromatic rings. The first kappa shape index (κ1) is 18.0. The van der Waals surface area contributed by atoms with Crippen LogP contribution < -0.4 is 19.0 Å². The molecule has 1 aromatic heterocycles. The zero-order valence-electron chi connectivity index (χ0n) is 15.1. The van der Waals surface area contributed by atoms with Crippen molar-refractivity contribution in [2.75, 3.05) is 21.3 Å². The molecule has 7 heteroatoms. The van der Waals surface area contributed by atoms with Crippen LogP contribution in [0, 0.1) is 0 Å². The number of carbonyl (C=O) groups is 1. The second kappa shape index (κ2) is 7.61. The van der Waals surface area contributed by atoms with Gasteiger partial charge in [0.25, 0.3) is 5.91 Å². The summed E-state index contributed by atoms with van der Waals surface area (Å²) in [6.07, 6.45) is 0.208. The second-order valence-electron chi connectivity index (χ2n) is 5.63. The summed E-state index contributed by atoms with van der Waals surface area (Å²) >= 11 is 1.40. The highest BCUT2D eigenvalue weighted by Gasteiger charge is 2.14. The molecule has 6 nitrogen and oxygen atoms in total. The number of carbonyl (C=O) groups excluding carboxylic acids is 1. The molecule has 0 aliphatic heterocycles. The molecule has 0 aliphatic rings. The Labute approximate surface area is 155 Å². The lowest BCUT2D eigenvalue weighted by molar-refractivity contribution is -0.117. The predicted molar refractivity (Wildman–Crippen MR) is 101 cm³/mol. The summed E-state index contributed by atoms with van der Waals surface area (Å²) in [6.45, 7) is 0. The van der Waals surface area contributed by atoms with Gasteiger partial charge in [-0.3, -0.25) is 4.79 Å². The minimum atomic E-state index is -0.224. The molecule has 136 valence electrons. The summed E-state index contributed by atoms with van der Waals surface area (Å²) in [5.74, 6) is 1.93. The maximum absolute atomic E-state index is 12.4. The van der Waals surface area contributed by atoms with E-state index in [0.29, 0.717) is 10.6 Å². The van der Waals surface area contributed by atoms with E-state index in [4.69, 9.17) is 14.2 Å². The highest BCUT2D eigenvalue weighted by Crippen LogP contribution is 2.34. The Balaban J connectivity index is 2.01. The normalized spacial score (nSPS) is 11.6. The number of thiazole rings is 1. The largest absolute Gasteiger partial charge is 0.497 e. The number of methoxy groups -OCH3 is 3. The van der Waals surface area contributed by atoms with E-state index < -0.39 is 0 Å². The van der Waals surface area contributed by atoms with Crippen molar-refractivity contribution in [2.24, 2.45) is 12.0 Å². The van der Waals surface area contributed by atoms with Gasteiger partial charge in [0, 0.05) is 7.05 Å². The number of fused-ring (bicyclic) bond motifs is 1. The molecule has 26 heavy (non-hydrogen) atoms. The van der Waals surface area contributed by atoms with Crippen molar-refractivity contribution < 1.29 is 19.0 Å². The Kier molecular flexibility index (Phi) is 5.27. The van der Waals surface area contributed by atoms with Gasteiger partial charge < -0.3 is 18.8 Å². The molecular weight excluding hydrogens is 352 g/mol. The monoisotopic (exact) mass is 372 g/mol. The predicted octanol–water partition coefficient (Wildman–Crippen LogP) is 2.94. The van der Waals surface area contributed by atoms with Crippen LogP contribution in [-0.2, 0) is 18.3 Å². The molecule has 0 unspecified atom stereocenters. The summed E-state index contributed by atoms with van der Waals surface area (Å²) in [5, 5.41) is 0. The van der Waals surface area contributed by atoms with Crippen molar-refractivity contribution in [3.8, 4) is 17.2 Å². The standard InChI is InChI=1S/C19H20N2O4S/c1-21-17-14(24-3)8-9-15(25-4)18(17)26-19(21)20-16(22)11-12-6-5-7-13(10-12)23-2/h5-10H,11H2,1-4H3. The van der Waals surface area contributed by atoms with Crippen LogP contribution in [0.25, 0.3) is 10.2 Å². The average molecular weight is 372 g/mol. The van der Waals surface area contributed by atoms with Crippen molar-refractivity contribution in [2.45, 2.75) is 6.42 Å². The van der Waals surface area contributed by atoms with Crippen molar-refractivity contribution in [3.63, 3.8) is 0 Å². The fourth-order valence-electron chi connectivity index (χ4n) is 2.73. The van der Waals surface area contributed by atoms with Crippen LogP contribution >= 0.6 is 11.3 Å². The zero-order valence-corrected chi connectivity index (χ0v) is 15.9. The van der Waals surface area contributed by atoms with E-state index in [2.05, 4.69) is 4.99 Å². The number of ether oxygens (including phenoxy) is 3. The van der Waals surface area contributed by atoms with E-state index in [1.807, 2.05) is 48.0 Å². The average Bonchev–Trinajstić information content (AvgIpc) is 2.97. The maximum atomic E-state index is 12.4. The summed E-state index contributed by atoms with van der Waals surface area (Å²) < 4.78 is 18.8. The topological polar surface area (TPSA) is 62.1 Å². The van der Waals surface area contributed by atoms with Crippen molar-refractivity contribution in [3.05, 3.63) is 46.8 Å². The zero-order chi connectivity index (χ0) is 18.7. The van der Waals surface area contributed by atoms with Crippen LogP contribution in [-0.4, -0.2) is 31.8 Å². The second-order valence-corrected chi connectivity index (χ2v) is 6.60. The fraction of sp³-hybridized carbons (Fsp3) is 0.263. The highest BCUT2D eigenvalue weighted by atomic mass is 32.1. The molecular formula is C19H20N2O4S. The van der Waals surface area contributed by atoms with Gasteiger partial charge in [0.1, 0.15) is 27.5 Å². The number of aromatic nitrogens is 1. The third-order valence-corrected chi connectivity index (χ3v) is 5.17. The molecule has 0 aliphatic carbocycles. The fourth-order valence-corrected chi connectivity index (χ4v) is 3.88. The van der Waals surface area contributed by atoms with Gasteiger partial charge in [-0.25, -0.2) is 0 Å². The van der Waals surface area contributed by atoms with Crippen LogP contribution in [0.15, 0.2) is 41.4 Å². The Hall–Kier alpha value is -2.80. The number of benzene rings is 2. The maximum Gasteiger partial charge on any atom is 0.252 e. The molecule has 3 rings (SSSR count). The minimum Gasteiger partial charge on any atom is -0.497 e. The van der Waals surface area contributed by atoms with Gasteiger partial charge in [-0.1, -0.05) is 23.5 Å². The molecule has 0 atom stereocenters. The van der Waals surface area contributed by atoms with Crippen LogP contribution in [0.3, 0.4) is 0 Å². The van der Waals surface area contributed by atoms with Gasteiger partial charge in [0.15, 0.2) is 4.80 Å². The minimum absolute atomic E-state index is 0.208. The first-order valence-corrected chi connectivity index (χ1v) is 8.80. The first-order valence-electron chi connectivity index (χ1n) is 7.98. The molecule has 0 bridgehead atoms. The summed E-state index contributed by atoms with van der Waals surface area (Å²) in [4.78, 5) is 17.3. The van der Waals surface area contributed by atoms with Gasteiger partial charge >= 0.3 is 0 Å². The van der Waals surface area contributed by atoms with Gasteiger partial charge in [0.05, 0.1) is 27.8 Å². The lowest BCUT2D eigenvalue weighted by Crippen LogP contribution is -2.14. The lowest BCUT2D eigenvalue weighted by Gasteiger charge is -2.06. The summed E-state index contributed by atoms with van der Waals surface area (Å²) in [6, 6.07) is 11.1. The lowest BCUT2D eigenvalue weighted by atomic mass is 10.1. The molecule has 1 amide bonds. The van der Waals surface area contributed by atoms with Crippen molar-refractivity contribution >= 4 is 27.5 Å². The van der Waals surface area contributed by atoms with Gasteiger partial charge in [-0.05, 0) is 29.8 Å². The van der Waals surface area contributed by atoms with E-state index in [1.54, 1.807) is 21.3 Å². The molecule has 1 heterocycles. The van der Waals surface area contributed by atoms with Gasteiger partial charge in [-0.2, -0.15) is 4.99 Å². The number of nitrogens with zero attached hydrogens (tertiary/aromatic N) is 2. The van der Waals surface area contributed by atoms with E-state index in [9.17, 15) is 4.79 Å². The summed E-state index contributed by atoms with van der Waals surface area (Å²) in [5.41, 5.74) is 1.71.